The molecule has 0 atom stereocenters. The predicted molar refractivity (Wildman–Crippen MR) is 98.2 cm³/mol. The van der Waals surface area contributed by atoms with Gasteiger partial charge in [-0.2, -0.15) is 0 Å². The van der Waals surface area contributed by atoms with Crippen molar-refractivity contribution in [3.05, 3.63) is 0 Å². The molecule has 0 fully saturated rings. The van der Waals surface area contributed by atoms with Gasteiger partial charge in [-0.25, -0.2) is 0 Å². The fourth-order valence-corrected chi connectivity index (χ4v) is 2.82. The fraction of sp³-hybridized carbons (Fsp3) is 0.950. The normalized spacial score (nSPS) is 10.8. The summed E-state index contributed by atoms with van der Waals surface area (Å²) in [4.78, 5) is 11.7. The first-order chi connectivity index (χ1) is 10.8. The maximum Gasteiger partial charge on any atom is 0.219 e. The van der Waals surface area contributed by atoms with E-state index < -0.39 is 0 Å². The van der Waals surface area contributed by atoms with Crippen molar-refractivity contribution in [3.8, 4) is 0 Å². The Labute approximate surface area is 139 Å². The van der Waals surface area contributed by atoms with E-state index in [2.05, 4.69) is 19.2 Å². The van der Waals surface area contributed by atoms with Crippen molar-refractivity contribution in [2.24, 2.45) is 0 Å². The van der Waals surface area contributed by atoms with Crippen LogP contribution < -0.4 is 5.32 Å². The Morgan fingerprint density at radius 1 is 0.591 bits per heavy atom. The SMILES string of the molecule is CCCCCCCCCCNC(=O)CCCCCCCCC. The quantitative estimate of drug-likeness (QED) is 0.310. The van der Waals surface area contributed by atoms with E-state index >= 15 is 0 Å². The Hall–Kier alpha value is -0.530. The Kier molecular flexibility index (Phi) is 18.1. The lowest BCUT2D eigenvalue weighted by atomic mass is 10.1. The summed E-state index contributed by atoms with van der Waals surface area (Å²) in [6, 6.07) is 0. The van der Waals surface area contributed by atoms with Gasteiger partial charge in [0, 0.05) is 13.0 Å². The van der Waals surface area contributed by atoms with Crippen molar-refractivity contribution in [3.63, 3.8) is 0 Å². The number of rotatable bonds is 17. The first-order valence-corrected chi connectivity index (χ1v) is 10.1. The van der Waals surface area contributed by atoms with E-state index in [1.54, 1.807) is 0 Å². The van der Waals surface area contributed by atoms with Gasteiger partial charge in [-0.15, -0.1) is 0 Å². The number of amides is 1. The van der Waals surface area contributed by atoms with Crippen LogP contribution in [0, 0.1) is 0 Å². The van der Waals surface area contributed by atoms with Crippen molar-refractivity contribution >= 4 is 5.91 Å². The summed E-state index contributed by atoms with van der Waals surface area (Å²) in [7, 11) is 0. The molecule has 22 heavy (non-hydrogen) atoms. The van der Waals surface area contributed by atoms with Gasteiger partial charge in [0.1, 0.15) is 0 Å². The van der Waals surface area contributed by atoms with Crippen LogP contribution in [0.1, 0.15) is 117 Å². The van der Waals surface area contributed by atoms with Gasteiger partial charge >= 0.3 is 0 Å². The van der Waals surface area contributed by atoms with Crippen LogP contribution in [0.15, 0.2) is 0 Å². The predicted octanol–water partition coefficient (Wildman–Crippen LogP) is 6.38. The van der Waals surface area contributed by atoms with E-state index in [0.29, 0.717) is 0 Å². The molecule has 0 aromatic carbocycles. The minimum absolute atomic E-state index is 0.261. The topological polar surface area (TPSA) is 29.1 Å². The molecule has 2 heteroatoms. The zero-order chi connectivity index (χ0) is 16.3. The van der Waals surface area contributed by atoms with Crippen molar-refractivity contribution in [1.82, 2.24) is 5.32 Å². The monoisotopic (exact) mass is 311 g/mol. The maximum absolute atomic E-state index is 11.7. The molecule has 1 amide bonds. The zero-order valence-electron chi connectivity index (χ0n) is 15.4. The van der Waals surface area contributed by atoms with E-state index in [-0.39, 0.29) is 5.91 Å². The van der Waals surface area contributed by atoms with Crippen LogP contribution in [0.4, 0.5) is 0 Å². The molecular weight excluding hydrogens is 270 g/mol. The summed E-state index contributed by atoms with van der Waals surface area (Å²) in [6.45, 7) is 5.39. The van der Waals surface area contributed by atoms with Gasteiger partial charge < -0.3 is 5.32 Å². The van der Waals surface area contributed by atoms with Crippen LogP contribution in [0.5, 0.6) is 0 Å². The highest BCUT2D eigenvalue weighted by Crippen LogP contribution is 2.09. The molecule has 0 unspecified atom stereocenters. The third kappa shape index (κ3) is 17.5. The number of hydrogen-bond donors (Lipinski definition) is 1. The summed E-state index contributed by atoms with van der Waals surface area (Å²) < 4.78 is 0. The third-order valence-corrected chi connectivity index (χ3v) is 4.36. The van der Waals surface area contributed by atoms with E-state index in [0.717, 1.165) is 25.8 Å². The molecule has 0 saturated heterocycles. The first kappa shape index (κ1) is 21.5. The molecule has 0 saturated carbocycles. The number of carbonyl (C=O) groups excluding carboxylic acids is 1. The number of nitrogens with one attached hydrogen (secondary N) is 1. The van der Waals surface area contributed by atoms with E-state index in [4.69, 9.17) is 0 Å². The second kappa shape index (κ2) is 18.5. The smallest absolute Gasteiger partial charge is 0.219 e. The summed E-state index contributed by atoms with van der Waals surface area (Å²) in [5.74, 6) is 0.261. The van der Waals surface area contributed by atoms with E-state index in [1.807, 2.05) is 0 Å². The molecule has 2 nitrogen and oxygen atoms in total. The molecule has 0 bridgehead atoms. The highest BCUT2D eigenvalue weighted by Gasteiger charge is 2.00. The van der Waals surface area contributed by atoms with E-state index in [9.17, 15) is 4.79 Å². The van der Waals surface area contributed by atoms with Crippen LogP contribution in [-0.4, -0.2) is 12.5 Å². The van der Waals surface area contributed by atoms with Crippen molar-refractivity contribution < 1.29 is 4.79 Å². The maximum atomic E-state index is 11.7. The van der Waals surface area contributed by atoms with Crippen molar-refractivity contribution in [2.75, 3.05) is 6.54 Å². The fourth-order valence-electron chi connectivity index (χ4n) is 2.82. The van der Waals surface area contributed by atoms with Gasteiger partial charge in [-0.05, 0) is 12.8 Å². The highest BCUT2D eigenvalue weighted by atomic mass is 16.1. The van der Waals surface area contributed by atoms with Crippen molar-refractivity contribution in [2.45, 2.75) is 117 Å². The van der Waals surface area contributed by atoms with Crippen LogP contribution in [0.25, 0.3) is 0 Å². The molecule has 0 aromatic rings. The molecule has 0 aliphatic carbocycles. The molecule has 0 radical (unpaired) electrons. The molecule has 0 rings (SSSR count). The second-order valence-corrected chi connectivity index (χ2v) is 6.70. The lowest BCUT2D eigenvalue weighted by Crippen LogP contribution is -2.23. The average Bonchev–Trinajstić information content (AvgIpc) is 2.52. The molecule has 1 N–H and O–H groups in total. The van der Waals surface area contributed by atoms with Crippen LogP contribution in [-0.2, 0) is 4.79 Å². The van der Waals surface area contributed by atoms with Gasteiger partial charge in [-0.3, -0.25) is 4.79 Å². The van der Waals surface area contributed by atoms with E-state index in [1.165, 1.54) is 83.5 Å². The van der Waals surface area contributed by atoms with Gasteiger partial charge in [0.2, 0.25) is 5.91 Å². The average molecular weight is 312 g/mol. The summed E-state index contributed by atoms with van der Waals surface area (Å²) >= 11 is 0. The second-order valence-electron chi connectivity index (χ2n) is 6.70. The Morgan fingerprint density at radius 3 is 1.50 bits per heavy atom. The molecular formula is C20H41NO. The Bertz CT molecular complexity index is 228. The lowest BCUT2D eigenvalue weighted by molar-refractivity contribution is -0.121. The Balaban J connectivity index is 3.13. The molecule has 0 heterocycles. The summed E-state index contributed by atoms with van der Waals surface area (Å²) in [5, 5.41) is 3.07. The van der Waals surface area contributed by atoms with Gasteiger partial charge in [0.05, 0.1) is 0 Å². The lowest BCUT2D eigenvalue weighted by Gasteiger charge is -2.05. The van der Waals surface area contributed by atoms with Gasteiger partial charge in [0.25, 0.3) is 0 Å². The summed E-state index contributed by atoms with van der Waals surface area (Å²) in [5.41, 5.74) is 0. The minimum Gasteiger partial charge on any atom is -0.356 e. The van der Waals surface area contributed by atoms with Gasteiger partial charge in [-0.1, -0.05) is 97.3 Å². The third-order valence-electron chi connectivity index (χ3n) is 4.36. The number of hydrogen-bond acceptors (Lipinski definition) is 1. The molecule has 0 aliphatic heterocycles. The molecule has 132 valence electrons. The molecule has 0 spiro atoms. The standard InChI is InChI=1S/C20H41NO/c1-3-5-7-9-11-13-15-17-19-21-20(22)18-16-14-12-10-8-6-4-2/h3-19H2,1-2H3,(H,21,22). The molecule has 0 aromatic heterocycles. The number of unbranched alkanes of at least 4 members (excludes halogenated alkanes) is 13. The summed E-state index contributed by atoms with van der Waals surface area (Å²) in [6.07, 6.45) is 20.3. The van der Waals surface area contributed by atoms with Crippen LogP contribution in [0.3, 0.4) is 0 Å². The first-order valence-electron chi connectivity index (χ1n) is 10.1. The van der Waals surface area contributed by atoms with Crippen LogP contribution >= 0.6 is 0 Å². The largest absolute Gasteiger partial charge is 0.356 e. The zero-order valence-corrected chi connectivity index (χ0v) is 15.4. The Morgan fingerprint density at radius 2 is 1.00 bits per heavy atom. The minimum atomic E-state index is 0.261. The van der Waals surface area contributed by atoms with Gasteiger partial charge in [0.15, 0.2) is 0 Å². The van der Waals surface area contributed by atoms with Crippen LogP contribution in [0.2, 0.25) is 0 Å². The number of carbonyl (C=O) groups is 1. The molecule has 0 aliphatic rings. The van der Waals surface area contributed by atoms with Crippen molar-refractivity contribution in [1.29, 1.82) is 0 Å². The highest BCUT2D eigenvalue weighted by molar-refractivity contribution is 5.75.